The molecule has 0 unspecified atom stereocenters. The number of hydrogen-bond acceptors (Lipinski definition) is 5. The molecule has 0 saturated carbocycles. The molecule has 6 rings (SSSR count). The summed E-state index contributed by atoms with van der Waals surface area (Å²) in [5.74, 6) is 0.438. The molecule has 1 aliphatic heterocycles. The van der Waals surface area contributed by atoms with E-state index in [0.29, 0.717) is 18.9 Å². The van der Waals surface area contributed by atoms with E-state index in [1.807, 2.05) is 47.3 Å². The maximum atomic E-state index is 13.6. The van der Waals surface area contributed by atoms with E-state index >= 15 is 0 Å². The molecule has 0 radical (unpaired) electrons. The zero-order chi connectivity index (χ0) is 21.5. The van der Waals surface area contributed by atoms with E-state index in [4.69, 9.17) is 14.3 Å². The SMILES string of the molecule is Fc1ccc(-c2nn([C@H]3CCOC3)cc2-c2ncnc3oc(-c4ccccc4)cc23)cc1. The quantitative estimate of drug-likeness (QED) is 0.379. The van der Waals surface area contributed by atoms with Crippen molar-refractivity contribution >= 4 is 11.1 Å². The zero-order valence-electron chi connectivity index (χ0n) is 17.1. The third-order valence-corrected chi connectivity index (χ3v) is 5.77. The Morgan fingerprint density at radius 1 is 0.938 bits per heavy atom. The van der Waals surface area contributed by atoms with Crippen LogP contribution in [0, 0.1) is 5.82 Å². The van der Waals surface area contributed by atoms with Crippen LogP contribution in [0.4, 0.5) is 4.39 Å². The van der Waals surface area contributed by atoms with Crippen LogP contribution in [0.2, 0.25) is 0 Å². The lowest BCUT2D eigenvalue weighted by molar-refractivity contribution is 0.184. The summed E-state index contributed by atoms with van der Waals surface area (Å²) >= 11 is 0. The van der Waals surface area contributed by atoms with Crippen LogP contribution in [0.15, 0.2) is 77.6 Å². The van der Waals surface area contributed by atoms with Crippen LogP contribution in [-0.2, 0) is 4.74 Å². The number of aromatic nitrogens is 4. The Hall–Kier alpha value is -3.84. The molecule has 0 N–H and O–H groups in total. The summed E-state index contributed by atoms with van der Waals surface area (Å²) < 4.78 is 27.1. The first-order chi connectivity index (χ1) is 15.8. The van der Waals surface area contributed by atoms with E-state index < -0.39 is 0 Å². The van der Waals surface area contributed by atoms with Gasteiger partial charge in [0.15, 0.2) is 0 Å². The fourth-order valence-corrected chi connectivity index (χ4v) is 4.12. The second kappa shape index (κ2) is 7.69. The number of hydrogen-bond donors (Lipinski definition) is 0. The van der Waals surface area contributed by atoms with Crippen molar-refractivity contribution in [1.29, 1.82) is 0 Å². The van der Waals surface area contributed by atoms with E-state index in [1.54, 1.807) is 12.1 Å². The van der Waals surface area contributed by atoms with Crippen LogP contribution in [-0.4, -0.2) is 33.0 Å². The van der Waals surface area contributed by atoms with Crippen LogP contribution < -0.4 is 0 Å². The first-order valence-corrected chi connectivity index (χ1v) is 10.5. The van der Waals surface area contributed by atoms with Gasteiger partial charge in [0.1, 0.15) is 23.6 Å². The molecule has 0 aliphatic carbocycles. The molecule has 1 aliphatic rings. The highest BCUT2D eigenvalue weighted by atomic mass is 19.1. The zero-order valence-corrected chi connectivity index (χ0v) is 17.1. The fourth-order valence-electron chi connectivity index (χ4n) is 4.12. The number of benzene rings is 2. The van der Waals surface area contributed by atoms with Crippen molar-refractivity contribution in [3.63, 3.8) is 0 Å². The van der Waals surface area contributed by atoms with E-state index in [-0.39, 0.29) is 11.9 Å². The monoisotopic (exact) mass is 426 g/mol. The highest BCUT2D eigenvalue weighted by Crippen LogP contribution is 2.37. The number of rotatable bonds is 4. The Bertz CT molecular complexity index is 1390. The molecule has 5 aromatic rings. The molecule has 1 atom stereocenters. The van der Waals surface area contributed by atoms with Gasteiger partial charge in [-0.2, -0.15) is 5.10 Å². The lowest BCUT2D eigenvalue weighted by atomic mass is 10.0. The van der Waals surface area contributed by atoms with E-state index in [9.17, 15) is 4.39 Å². The smallest absolute Gasteiger partial charge is 0.230 e. The third-order valence-electron chi connectivity index (χ3n) is 5.77. The molecule has 4 heterocycles. The molecule has 1 fully saturated rings. The average molecular weight is 426 g/mol. The van der Waals surface area contributed by atoms with Crippen molar-refractivity contribution in [3.8, 4) is 33.8 Å². The molecule has 6 nitrogen and oxygen atoms in total. The third kappa shape index (κ3) is 3.27. The highest BCUT2D eigenvalue weighted by Gasteiger charge is 2.24. The summed E-state index contributed by atoms with van der Waals surface area (Å²) in [6.07, 6.45) is 4.39. The van der Waals surface area contributed by atoms with Crippen molar-refractivity contribution in [2.24, 2.45) is 0 Å². The lowest BCUT2D eigenvalue weighted by Crippen LogP contribution is -2.08. The molecule has 2 aromatic carbocycles. The molecule has 0 bridgehead atoms. The minimum absolute atomic E-state index is 0.157. The first-order valence-electron chi connectivity index (χ1n) is 10.5. The van der Waals surface area contributed by atoms with Gasteiger partial charge in [0.25, 0.3) is 0 Å². The van der Waals surface area contributed by atoms with Gasteiger partial charge in [-0.1, -0.05) is 30.3 Å². The molecule has 0 amide bonds. The van der Waals surface area contributed by atoms with E-state index in [2.05, 4.69) is 9.97 Å². The second-order valence-electron chi connectivity index (χ2n) is 7.81. The Kier molecular flexibility index (Phi) is 4.54. The number of halogens is 1. The summed E-state index contributed by atoms with van der Waals surface area (Å²) in [6, 6.07) is 18.4. The molecule has 1 saturated heterocycles. The van der Waals surface area contributed by atoms with Gasteiger partial charge in [-0.15, -0.1) is 0 Å². The largest absolute Gasteiger partial charge is 0.438 e. The molecular formula is C25H19FN4O2. The molecule has 158 valence electrons. The summed E-state index contributed by atoms with van der Waals surface area (Å²) in [5.41, 5.74) is 4.60. The number of ether oxygens (including phenoxy) is 1. The van der Waals surface area contributed by atoms with Crippen molar-refractivity contribution in [3.05, 3.63) is 79.0 Å². The fraction of sp³-hybridized carbons (Fsp3) is 0.160. The standard InChI is InChI=1S/C25H19FN4O2/c26-18-8-6-17(7-9-18)23-21(13-30(29-23)19-10-11-31-14-19)24-20-12-22(16-4-2-1-3-5-16)32-25(20)28-15-27-24/h1-9,12-13,15,19H,10-11,14H2/t19-/m0/s1. The van der Waals surface area contributed by atoms with Gasteiger partial charge < -0.3 is 9.15 Å². The van der Waals surface area contributed by atoms with Gasteiger partial charge in [-0.25, -0.2) is 14.4 Å². The molecular weight excluding hydrogens is 407 g/mol. The van der Waals surface area contributed by atoms with Crippen molar-refractivity contribution in [2.75, 3.05) is 13.2 Å². The van der Waals surface area contributed by atoms with Gasteiger partial charge in [-0.05, 0) is 36.8 Å². The Balaban J connectivity index is 1.54. The van der Waals surface area contributed by atoms with Crippen molar-refractivity contribution in [1.82, 2.24) is 19.7 Å². The van der Waals surface area contributed by atoms with Crippen LogP contribution in [0.1, 0.15) is 12.5 Å². The molecule has 7 heteroatoms. The summed E-state index contributed by atoms with van der Waals surface area (Å²) in [6.45, 7) is 1.33. The average Bonchev–Trinajstić information content (AvgIpc) is 3.59. The summed E-state index contributed by atoms with van der Waals surface area (Å²) in [7, 11) is 0. The number of furan rings is 1. The van der Waals surface area contributed by atoms with E-state index in [0.717, 1.165) is 45.6 Å². The van der Waals surface area contributed by atoms with Crippen LogP contribution >= 0.6 is 0 Å². The summed E-state index contributed by atoms with van der Waals surface area (Å²) in [4.78, 5) is 8.94. The van der Waals surface area contributed by atoms with Crippen LogP contribution in [0.5, 0.6) is 0 Å². The Morgan fingerprint density at radius 3 is 2.56 bits per heavy atom. The van der Waals surface area contributed by atoms with E-state index in [1.165, 1.54) is 18.5 Å². The number of nitrogens with zero attached hydrogens (tertiary/aromatic N) is 4. The van der Waals surface area contributed by atoms with Gasteiger partial charge in [0.2, 0.25) is 5.71 Å². The molecule has 0 spiro atoms. The maximum absolute atomic E-state index is 13.6. The van der Waals surface area contributed by atoms with Gasteiger partial charge in [0.05, 0.1) is 23.7 Å². The van der Waals surface area contributed by atoms with Crippen molar-refractivity contribution < 1.29 is 13.5 Å². The van der Waals surface area contributed by atoms with Gasteiger partial charge in [-0.3, -0.25) is 4.68 Å². The minimum Gasteiger partial charge on any atom is -0.438 e. The predicted molar refractivity (Wildman–Crippen MR) is 118 cm³/mol. The van der Waals surface area contributed by atoms with Crippen LogP contribution in [0.25, 0.3) is 44.9 Å². The molecule has 3 aromatic heterocycles. The molecule has 32 heavy (non-hydrogen) atoms. The topological polar surface area (TPSA) is 66.0 Å². The Morgan fingerprint density at radius 2 is 1.78 bits per heavy atom. The Labute approximate surface area is 183 Å². The predicted octanol–water partition coefficient (Wildman–Crippen LogP) is 5.52. The second-order valence-corrected chi connectivity index (χ2v) is 7.81. The number of fused-ring (bicyclic) bond motifs is 1. The summed E-state index contributed by atoms with van der Waals surface area (Å²) in [5, 5.41) is 5.67. The maximum Gasteiger partial charge on any atom is 0.230 e. The first kappa shape index (κ1) is 18.9. The van der Waals surface area contributed by atoms with Gasteiger partial charge in [0, 0.05) is 29.5 Å². The normalized spacial score (nSPS) is 16.1. The highest BCUT2D eigenvalue weighted by molar-refractivity contribution is 5.95. The lowest BCUT2D eigenvalue weighted by Gasteiger charge is -2.07. The van der Waals surface area contributed by atoms with Crippen molar-refractivity contribution in [2.45, 2.75) is 12.5 Å². The minimum atomic E-state index is -0.286. The van der Waals surface area contributed by atoms with Crippen LogP contribution in [0.3, 0.4) is 0 Å². The van der Waals surface area contributed by atoms with Gasteiger partial charge >= 0.3 is 0 Å².